The molecule has 0 atom stereocenters. The summed E-state index contributed by atoms with van der Waals surface area (Å²) < 4.78 is 27.6. The minimum absolute atomic E-state index is 0.0406. The van der Waals surface area contributed by atoms with Gasteiger partial charge in [0.1, 0.15) is 0 Å². The molecule has 0 saturated carbocycles. The summed E-state index contributed by atoms with van der Waals surface area (Å²) in [6, 6.07) is 13.1. The zero-order valence-corrected chi connectivity index (χ0v) is 15.6. The standard InChI is InChI=1S/C16H16BrN3O4S/c17-15-3-1-2-4-16(15)25(23,24)19-11-9-18(10-12-19)13-5-7-14(8-6-13)20(21)22/h1-8H,9-12H2. The van der Waals surface area contributed by atoms with Gasteiger partial charge >= 0.3 is 0 Å². The molecule has 1 heterocycles. The molecule has 1 saturated heterocycles. The second-order valence-electron chi connectivity index (χ2n) is 5.60. The molecule has 0 aliphatic carbocycles. The number of hydrogen-bond acceptors (Lipinski definition) is 5. The molecule has 0 radical (unpaired) electrons. The van der Waals surface area contributed by atoms with Crippen molar-refractivity contribution < 1.29 is 13.3 Å². The van der Waals surface area contributed by atoms with Gasteiger partial charge in [-0.3, -0.25) is 10.1 Å². The zero-order chi connectivity index (χ0) is 18.0. The van der Waals surface area contributed by atoms with Gasteiger partial charge in [-0.05, 0) is 40.2 Å². The second kappa shape index (κ2) is 7.11. The highest BCUT2D eigenvalue weighted by molar-refractivity contribution is 9.10. The van der Waals surface area contributed by atoms with E-state index < -0.39 is 14.9 Å². The van der Waals surface area contributed by atoms with Gasteiger partial charge in [-0.2, -0.15) is 4.31 Å². The number of nitro groups is 1. The van der Waals surface area contributed by atoms with Crippen LogP contribution in [0.25, 0.3) is 0 Å². The van der Waals surface area contributed by atoms with E-state index in [-0.39, 0.29) is 10.6 Å². The molecule has 0 N–H and O–H groups in total. The van der Waals surface area contributed by atoms with E-state index in [0.29, 0.717) is 30.7 Å². The normalized spacial score (nSPS) is 16.0. The van der Waals surface area contributed by atoms with Crippen molar-refractivity contribution >= 4 is 37.3 Å². The third kappa shape index (κ3) is 3.68. The van der Waals surface area contributed by atoms with Crippen molar-refractivity contribution in [1.82, 2.24) is 4.31 Å². The first-order valence-corrected chi connectivity index (χ1v) is 9.87. The number of rotatable bonds is 4. The van der Waals surface area contributed by atoms with E-state index in [1.165, 1.54) is 16.4 Å². The molecule has 3 rings (SSSR count). The van der Waals surface area contributed by atoms with Crippen molar-refractivity contribution in [3.05, 3.63) is 63.1 Å². The van der Waals surface area contributed by atoms with Crippen LogP contribution in [-0.4, -0.2) is 43.8 Å². The minimum Gasteiger partial charge on any atom is -0.369 e. The summed E-state index contributed by atoms with van der Waals surface area (Å²) >= 11 is 3.29. The number of non-ortho nitro benzene ring substituents is 1. The Bertz CT molecular complexity index is 879. The molecule has 0 aromatic heterocycles. The van der Waals surface area contributed by atoms with Crippen molar-refractivity contribution in [2.75, 3.05) is 31.1 Å². The fourth-order valence-corrected chi connectivity index (χ4v) is 5.15. The van der Waals surface area contributed by atoms with E-state index in [4.69, 9.17) is 0 Å². The number of nitrogens with zero attached hydrogens (tertiary/aromatic N) is 3. The van der Waals surface area contributed by atoms with Crippen LogP contribution in [0, 0.1) is 10.1 Å². The molecule has 0 bridgehead atoms. The lowest BCUT2D eigenvalue weighted by Gasteiger charge is -2.35. The number of benzene rings is 2. The fraction of sp³-hybridized carbons (Fsp3) is 0.250. The molecular formula is C16H16BrN3O4S. The Kier molecular flexibility index (Phi) is 5.07. The molecule has 7 nitrogen and oxygen atoms in total. The maximum absolute atomic E-state index is 12.8. The van der Waals surface area contributed by atoms with Gasteiger partial charge in [0.25, 0.3) is 5.69 Å². The predicted molar refractivity (Wildman–Crippen MR) is 98.2 cm³/mol. The highest BCUT2D eigenvalue weighted by Gasteiger charge is 2.29. The highest BCUT2D eigenvalue weighted by Crippen LogP contribution is 2.27. The van der Waals surface area contributed by atoms with Gasteiger partial charge in [0.2, 0.25) is 10.0 Å². The first kappa shape index (κ1) is 17.8. The Balaban J connectivity index is 1.71. The Labute approximate surface area is 154 Å². The van der Waals surface area contributed by atoms with E-state index in [9.17, 15) is 18.5 Å². The van der Waals surface area contributed by atoms with Gasteiger partial charge in [0.05, 0.1) is 9.82 Å². The molecule has 0 amide bonds. The molecule has 2 aromatic carbocycles. The summed E-state index contributed by atoms with van der Waals surface area (Å²) in [5, 5.41) is 10.7. The average Bonchev–Trinajstić information content (AvgIpc) is 2.62. The van der Waals surface area contributed by atoms with Crippen LogP contribution in [0.15, 0.2) is 57.9 Å². The zero-order valence-electron chi connectivity index (χ0n) is 13.2. The van der Waals surface area contributed by atoms with Gasteiger partial charge in [-0.25, -0.2) is 8.42 Å². The van der Waals surface area contributed by atoms with Crippen molar-refractivity contribution in [2.24, 2.45) is 0 Å². The number of anilines is 1. The van der Waals surface area contributed by atoms with E-state index in [2.05, 4.69) is 15.9 Å². The topological polar surface area (TPSA) is 83.8 Å². The Hall–Kier alpha value is -1.97. The van der Waals surface area contributed by atoms with Gasteiger partial charge < -0.3 is 4.90 Å². The first-order valence-electron chi connectivity index (χ1n) is 7.64. The maximum Gasteiger partial charge on any atom is 0.269 e. The smallest absolute Gasteiger partial charge is 0.269 e. The molecule has 2 aromatic rings. The van der Waals surface area contributed by atoms with E-state index >= 15 is 0 Å². The molecule has 132 valence electrons. The van der Waals surface area contributed by atoms with Crippen LogP contribution in [0.3, 0.4) is 0 Å². The van der Waals surface area contributed by atoms with E-state index in [1.807, 2.05) is 4.90 Å². The third-order valence-electron chi connectivity index (χ3n) is 4.12. The minimum atomic E-state index is -3.55. The Morgan fingerprint density at radius 1 is 0.960 bits per heavy atom. The van der Waals surface area contributed by atoms with Gasteiger partial charge in [0, 0.05) is 48.5 Å². The van der Waals surface area contributed by atoms with Crippen LogP contribution in [0.1, 0.15) is 0 Å². The quantitative estimate of drug-likeness (QED) is 0.555. The number of halogens is 1. The van der Waals surface area contributed by atoms with E-state index in [1.54, 1.807) is 36.4 Å². The van der Waals surface area contributed by atoms with Crippen LogP contribution in [-0.2, 0) is 10.0 Å². The first-order chi connectivity index (χ1) is 11.9. The Morgan fingerprint density at radius 2 is 1.56 bits per heavy atom. The molecule has 25 heavy (non-hydrogen) atoms. The van der Waals surface area contributed by atoms with Gasteiger partial charge in [0.15, 0.2) is 0 Å². The van der Waals surface area contributed by atoms with E-state index in [0.717, 1.165) is 5.69 Å². The van der Waals surface area contributed by atoms with Crippen molar-refractivity contribution in [2.45, 2.75) is 4.90 Å². The molecule has 1 fully saturated rings. The van der Waals surface area contributed by atoms with Crippen LogP contribution in [0.2, 0.25) is 0 Å². The maximum atomic E-state index is 12.8. The Morgan fingerprint density at radius 3 is 2.12 bits per heavy atom. The number of hydrogen-bond donors (Lipinski definition) is 0. The average molecular weight is 426 g/mol. The monoisotopic (exact) mass is 425 g/mol. The number of piperazine rings is 1. The molecule has 9 heteroatoms. The fourth-order valence-electron chi connectivity index (χ4n) is 2.76. The second-order valence-corrected chi connectivity index (χ2v) is 8.36. The molecular weight excluding hydrogens is 410 g/mol. The SMILES string of the molecule is O=[N+]([O-])c1ccc(N2CCN(S(=O)(=O)c3ccccc3Br)CC2)cc1. The van der Waals surface area contributed by atoms with Crippen molar-refractivity contribution in [1.29, 1.82) is 0 Å². The molecule has 0 unspecified atom stereocenters. The predicted octanol–water partition coefficient (Wildman–Crippen LogP) is 2.87. The number of nitro benzene ring substituents is 1. The summed E-state index contributed by atoms with van der Waals surface area (Å²) in [5.41, 5.74) is 0.891. The summed E-state index contributed by atoms with van der Waals surface area (Å²) in [6.45, 7) is 1.78. The van der Waals surface area contributed by atoms with Crippen molar-refractivity contribution in [3.63, 3.8) is 0 Å². The van der Waals surface area contributed by atoms with Gasteiger partial charge in [-0.1, -0.05) is 12.1 Å². The van der Waals surface area contributed by atoms with Crippen LogP contribution in [0.4, 0.5) is 11.4 Å². The summed E-state index contributed by atoms with van der Waals surface area (Å²) in [6.07, 6.45) is 0. The molecule has 0 spiro atoms. The molecule has 1 aliphatic heterocycles. The summed E-state index contributed by atoms with van der Waals surface area (Å²) in [7, 11) is -3.55. The number of sulfonamides is 1. The van der Waals surface area contributed by atoms with Gasteiger partial charge in [-0.15, -0.1) is 0 Å². The third-order valence-corrected chi connectivity index (χ3v) is 7.03. The lowest BCUT2D eigenvalue weighted by molar-refractivity contribution is -0.384. The summed E-state index contributed by atoms with van der Waals surface area (Å²) in [4.78, 5) is 12.6. The van der Waals surface area contributed by atoms with Crippen LogP contribution >= 0.6 is 15.9 Å². The highest BCUT2D eigenvalue weighted by atomic mass is 79.9. The van der Waals surface area contributed by atoms with Crippen LogP contribution < -0.4 is 4.90 Å². The lowest BCUT2D eigenvalue weighted by Crippen LogP contribution is -2.48. The largest absolute Gasteiger partial charge is 0.369 e. The molecule has 1 aliphatic rings. The summed E-state index contributed by atoms with van der Waals surface area (Å²) in [5.74, 6) is 0. The van der Waals surface area contributed by atoms with Crippen molar-refractivity contribution in [3.8, 4) is 0 Å². The lowest BCUT2D eigenvalue weighted by atomic mass is 10.2. The van der Waals surface area contributed by atoms with Crippen LogP contribution in [0.5, 0.6) is 0 Å².